The number of anilines is 1. The van der Waals surface area contributed by atoms with Crippen LogP contribution in [0.1, 0.15) is 12.7 Å². The molecule has 1 saturated heterocycles. The van der Waals surface area contributed by atoms with Crippen LogP contribution in [0.2, 0.25) is 0 Å². The molecular weight excluding hydrogens is 166 g/mol. The van der Waals surface area contributed by atoms with E-state index in [9.17, 15) is 0 Å². The van der Waals surface area contributed by atoms with Crippen molar-refractivity contribution >= 4 is 5.95 Å². The molecule has 0 unspecified atom stereocenters. The van der Waals surface area contributed by atoms with Crippen molar-refractivity contribution in [3.8, 4) is 0 Å². The lowest BCUT2D eigenvalue weighted by Gasteiger charge is -2.25. The van der Waals surface area contributed by atoms with E-state index >= 15 is 0 Å². The minimum absolute atomic E-state index is 0.846. The smallest absolute Gasteiger partial charge is 0.244 e. The molecule has 0 atom stereocenters. The van der Waals surface area contributed by atoms with Gasteiger partial charge in [-0.15, -0.1) is 5.10 Å². The van der Waals surface area contributed by atoms with Gasteiger partial charge in [0.05, 0.1) is 0 Å². The summed E-state index contributed by atoms with van der Waals surface area (Å²) in [5, 5.41) is 10.4. The quantitative estimate of drug-likeness (QED) is 0.662. The molecule has 0 amide bonds. The molecule has 0 bridgehead atoms. The van der Waals surface area contributed by atoms with E-state index in [1.54, 1.807) is 0 Å². The van der Waals surface area contributed by atoms with Crippen LogP contribution in [0.4, 0.5) is 5.95 Å². The van der Waals surface area contributed by atoms with E-state index in [-0.39, 0.29) is 0 Å². The van der Waals surface area contributed by atoms with E-state index in [1.165, 1.54) is 0 Å². The summed E-state index contributed by atoms with van der Waals surface area (Å²) >= 11 is 0. The van der Waals surface area contributed by atoms with E-state index in [0.29, 0.717) is 0 Å². The zero-order valence-corrected chi connectivity index (χ0v) is 7.88. The van der Waals surface area contributed by atoms with Gasteiger partial charge in [0.25, 0.3) is 0 Å². The fourth-order valence-corrected chi connectivity index (χ4v) is 1.45. The first-order valence-corrected chi connectivity index (χ1v) is 4.77. The highest BCUT2D eigenvalue weighted by molar-refractivity contribution is 5.29. The fourth-order valence-electron chi connectivity index (χ4n) is 1.45. The van der Waals surface area contributed by atoms with Gasteiger partial charge in [0, 0.05) is 32.6 Å². The van der Waals surface area contributed by atoms with Gasteiger partial charge in [-0.2, -0.15) is 4.98 Å². The molecule has 72 valence electrons. The van der Waals surface area contributed by atoms with Crippen LogP contribution in [-0.4, -0.2) is 41.4 Å². The molecule has 0 aliphatic carbocycles. The van der Waals surface area contributed by atoms with E-state index < -0.39 is 0 Å². The lowest BCUT2D eigenvalue weighted by atomic mass is 10.4. The van der Waals surface area contributed by atoms with Crippen LogP contribution in [0, 0.1) is 0 Å². The molecule has 0 saturated carbocycles. The summed E-state index contributed by atoms with van der Waals surface area (Å²) in [7, 11) is 0. The van der Waals surface area contributed by atoms with E-state index in [2.05, 4.69) is 32.3 Å². The van der Waals surface area contributed by atoms with Crippen molar-refractivity contribution in [2.45, 2.75) is 13.3 Å². The molecular formula is C8H15N5. The lowest BCUT2D eigenvalue weighted by Crippen LogP contribution is -2.44. The summed E-state index contributed by atoms with van der Waals surface area (Å²) in [6.07, 6.45) is 0.916. The fraction of sp³-hybridized carbons (Fsp3) is 0.750. The Morgan fingerprint density at radius 2 is 2.15 bits per heavy atom. The summed E-state index contributed by atoms with van der Waals surface area (Å²) in [5.74, 6) is 1.81. The predicted molar refractivity (Wildman–Crippen MR) is 50.8 cm³/mol. The van der Waals surface area contributed by atoms with Gasteiger partial charge >= 0.3 is 0 Å². The third-order valence-corrected chi connectivity index (χ3v) is 2.25. The number of aromatic nitrogens is 3. The number of hydrogen-bond donors (Lipinski definition) is 2. The van der Waals surface area contributed by atoms with Gasteiger partial charge in [-0.1, -0.05) is 6.92 Å². The highest BCUT2D eigenvalue weighted by Gasteiger charge is 2.13. The van der Waals surface area contributed by atoms with Gasteiger partial charge in [-0.3, -0.25) is 5.10 Å². The number of rotatable bonds is 2. The maximum Gasteiger partial charge on any atom is 0.244 e. The van der Waals surface area contributed by atoms with Crippen LogP contribution < -0.4 is 10.2 Å². The molecule has 0 radical (unpaired) electrons. The van der Waals surface area contributed by atoms with Gasteiger partial charge in [0.15, 0.2) is 0 Å². The second kappa shape index (κ2) is 3.74. The Balaban J connectivity index is 2.05. The van der Waals surface area contributed by atoms with Crippen molar-refractivity contribution in [1.29, 1.82) is 0 Å². The maximum absolute atomic E-state index is 4.38. The minimum Gasteiger partial charge on any atom is -0.337 e. The van der Waals surface area contributed by atoms with Crippen molar-refractivity contribution in [3.63, 3.8) is 0 Å². The van der Waals surface area contributed by atoms with Crippen molar-refractivity contribution < 1.29 is 0 Å². The molecule has 1 aromatic rings. The number of aryl methyl sites for hydroxylation is 1. The molecule has 1 fully saturated rings. The molecule has 0 aromatic carbocycles. The third kappa shape index (κ3) is 1.80. The summed E-state index contributed by atoms with van der Waals surface area (Å²) in [6.45, 7) is 6.12. The van der Waals surface area contributed by atoms with Crippen molar-refractivity contribution in [1.82, 2.24) is 20.5 Å². The molecule has 1 aromatic heterocycles. The first-order chi connectivity index (χ1) is 6.40. The summed E-state index contributed by atoms with van der Waals surface area (Å²) in [5.41, 5.74) is 0. The summed E-state index contributed by atoms with van der Waals surface area (Å²) < 4.78 is 0. The van der Waals surface area contributed by atoms with E-state index in [0.717, 1.165) is 44.4 Å². The number of H-pyrrole nitrogens is 1. The van der Waals surface area contributed by atoms with Gasteiger partial charge in [0.2, 0.25) is 5.95 Å². The molecule has 0 spiro atoms. The van der Waals surface area contributed by atoms with Crippen LogP contribution in [-0.2, 0) is 6.42 Å². The molecule has 1 aliphatic heterocycles. The Labute approximate surface area is 77.5 Å². The Morgan fingerprint density at radius 1 is 1.38 bits per heavy atom. The molecule has 5 nitrogen and oxygen atoms in total. The molecule has 2 heterocycles. The zero-order chi connectivity index (χ0) is 9.10. The average molecular weight is 181 g/mol. The van der Waals surface area contributed by atoms with Crippen molar-refractivity contribution in [2.24, 2.45) is 0 Å². The minimum atomic E-state index is 0.846. The molecule has 2 N–H and O–H groups in total. The number of piperazine rings is 1. The van der Waals surface area contributed by atoms with Gasteiger partial charge in [-0.25, -0.2) is 0 Å². The molecule has 2 rings (SSSR count). The van der Waals surface area contributed by atoms with E-state index in [1.807, 2.05) is 0 Å². The number of aromatic amines is 1. The standard InChI is InChI=1S/C8H15N5/c1-2-7-10-8(12-11-7)13-5-3-9-4-6-13/h9H,2-6H2,1H3,(H,10,11,12). The summed E-state index contributed by atoms with van der Waals surface area (Å²) in [4.78, 5) is 6.58. The topological polar surface area (TPSA) is 56.8 Å². The molecule has 1 aliphatic rings. The van der Waals surface area contributed by atoms with Crippen LogP contribution in [0.5, 0.6) is 0 Å². The highest BCUT2D eigenvalue weighted by atomic mass is 15.4. The molecule has 13 heavy (non-hydrogen) atoms. The Bertz CT molecular complexity index is 263. The Hall–Kier alpha value is -1.10. The highest BCUT2D eigenvalue weighted by Crippen LogP contribution is 2.07. The predicted octanol–water partition coefficient (Wildman–Crippen LogP) is -0.223. The third-order valence-electron chi connectivity index (χ3n) is 2.25. The van der Waals surface area contributed by atoms with Gasteiger partial charge in [-0.05, 0) is 0 Å². The van der Waals surface area contributed by atoms with Gasteiger partial charge in [0.1, 0.15) is 5.82 Å². The molecule has 5 heteroatoms. The summed E-state index contributed by atoms with van der Waals surface area (Å²) in [6, 6.07) is 0. The lowest BCUT2D eigenvalue weighted by molar-refractivity contribution is 0.580. The number of hydrogen-bond acceptors (Lipinski definition) is 4. The van der Waals surface area contributed by atoms with E-state index in [4.69, 9.17) is 0 Å². The average Bonchev–Trinajstić information content (AvgIpc) is 2.67. The SMILES string of the molecule is CCc1nc(N2CCNCC2)n[nH]1. The first-order valence-electron chi connectivity index (χ1n) is 4.77. The van der Waals surface area contributed by atoms with Crippen LogP contribution >= 0.6 is 0 Å². The zero-order valence-electron chi connectivity index (χ0n) is 7.88. The number of nitrogens with one attached hydrogen (secondary N) is 2. The maximum atomic E-state index is 4.38. The monoisotopic (exact) mass is 181 g/mol. The van der Waals surface area contributed by atoms with Crippen LogP contribution in [0.3, 0.4) is 0 Å². The van der Waals surface area contributed by atoms with Crippen molar-refractivity contribution in [2.75, 3.05) is 31.1 Å². The second-order valence-corrected chi connectivity index (χ2v) is 3.17. The first kappa shape index (κ1) is 8.50. The van der Waals surface area contributed by atoms with Crippen LogP contribution in [0.25, 0.3) is 0 Å². The second-order valence-electron chi connectivity index (χ2n) is 3.17. The Morgan fingerprint density at radius 3 is 2.77 bits per heavy atom. The largest absolute Gasteiger partial charge is 0.337 e. The van der Waals surface area contributed by atoms with Crippen molar-refractivity contribution in [3.05, 3.63) is 5.82 Å². The van der Waals surface area contributed by atoms with Gasteiger partial charge < -0.3 is 10.2 Å². The number of nitrogens with zero attached hydrogens (tertiary/aromatic N) is 3. The normalized spacial score (nSPS) is 17.8. The van der Waals surface area contributed by atoms with Crippen LogP contribution in [0.15, 0.2) is 0 Å². The Kier molecular flexibility index (Phi) is 2.44.